The lowest BCUT2D eigenvalue weighted by Gasteiger charge is -2.33. The molecular formula is C11H22N2O2. The van der Waals surface area contributed by atoms with Crippen molar-refractivity contribution in [2.24, 2.45) is 11.7 Å². The van der Waals surface area contributed by atoms with E-state index >= 15 is 0 Å². The van der Waals surface area contributed by atoms with E-state index in [0.29, 0.717) is 0 Å². The van der Waals surface area contributed by atoms with Crippen LogP contribution in [-0.4, -0.2) is 41.7 Å². The molecule has 0 aromatic rings. The van der Waals surface area contributed by atoms with Crippen molar-refractivity contribution in [3.63, 3.8) is 0 Å². The number of hydrogen-bond acceptors (Lipinski definition) is 3. The molecule has 3 atom stereocenters. The third kappa shape index (κ3) is 2.92. The molecule has 3 unspecified atom stereocenters. The number of amides is 1. The Balaban J connectivity index is 2.57. The minimum atomic E-state index is -0.119. The van der Waals surface area contributed by atoms with E-state index in [-0.39, 0.29) is 30.5 Å². The number of rotatable bonds is 3. The lowest BCUT2D eigenvalue weighted by molar-refractivity contribution is -0.138. The van der Waals surface area contributed by atoms with Gasteiger partial charge in [-0.15, -0.1) is 0 Å². The minimum Gasteiger partial charge on any atom is -0.394 e. The average Bonchev–Trinajstić information content (AvgIpc) is 2.26. The molecule has 0 aromatic carbocycles. The van der Waals surface area contributed by atoms with Gasteiger partial charge < -0.3 is 15.7 Å². The molecule has 0 radical (unpaired) electrons. The fraction of sp³-hybridized carbons (Fsp3) is 0.909. The summed E-state index contributed by atoms with van der Waals surface area (Å²) in [6.45, 7) is 1.84. The third-order valence-electron chi connectivity index (χ3n) is 3.41. The van der Waals surface area contributed by atoms with Crippen molar-refractivity contribution in [3.8, 4) is 0 Å². The molecule has 1 aliphatic rings. The number of aliphatic hydroxyl groups excluding tert-OH is 1. The molecule has 1 aliphatic carbocycles. The summed E-state index contributed by atoms with van der Waals surface area (Å²) in [5, 5.41) is 8.99. The van der Waals surface area contributed by atoms with Crippen LogP contribution >= 0.6 is 0 Å². The molecule has 0 saturated heterocycles. The lowest BCUT2D eigenvalue weighted by atomic mass is 9.84. The first-order valence-electron chi connectivity index (χ1n) is 5.71. The summed E-state index contributed by atoms with van der Waals surface area (Å²) >= 11 is 0. The van der Waals surface area contributed by atoms with E-state index in [1.807, 2.05) is 6.92 Å². The minimum absolute atomic E-state index is 0.000377. The van der Waals surface area contributed by atoms with E-state index in [2.05, 4.69) is 0 Å². The zero-order valence-corrected chi connectivity index (χ0v) is 9.65. The number of nitrogens with zero attached hydrogens (tertiary/aromatic N) is 1. The largest absolute Gasteiger partial charge is 0.394 e. The maximum absolute atomic E-state index is 12.0. The van der Waals surface area contributed by atoms with Crippen LogP contribution in [0.3, 0.4) is 0 Å². The van der Waals surface area contributed by atoms with Crippen molar-refractivity contribution >= 4 is 5.91 Å². The van der Waals surface area contributed by atoms with E-state index in [0.717, 1.165) is 25.7 Å². The summed E-state index contributed by atoms with van der Waals surface area (Å²) in [4.78, 5) is 13.7. The summed E-state index contributed by atoms with van der Waals surface area (Å²) in [5.41, 5.74) is 5.95. The summed E-state index contributed by atoms with van der Waals surface area (Å²) in [6, 6.07) is -0.119. The predicted octanol–water partition coefficient (Wildman–Crippen LogP) is 0.343. The molecule has 0 heterocycles. The van der Waals surface area contributed by atoms with Crippen LogP contribution in [0, 0.1) is 5.92 Å². The number of hydrogen-bond donors (Lipinski definition) is 2. The number of aliphatic hydroxyl groups is 1. The molecule has 0 bridgehead atoms. The standard InChI is InChI=1S/C11H22N2O2/c1-8(7-14)13(2)11(15)9-5-3-4-6-10(9)12/h8-10,14H,3-7,12H2,1-2H3. The highest BCUT2D eigenvalue weighted by Gasteiger charge is 2.31. The van der Waals surface area contributed by atoms with Gasteiger partial charge in [0.15, 0.2) is 0 Å². The van der Waals surface area contributed by atoms with Crippen LogP contribution in [0.2, 0.25) is 0 Å². The van der Waals surface area contributed by atoms with Gasteiger partial charge in [0.2, 0.25) is 5.91 Å². The second-order valence-electron chi connectivity index (χ2n) is 4.54. The highest BCUT2D eigenvalue weighted by atomic mass is 16.3. The quantitative estimate of drug-likeness (QED) is 0.712. The highest BCUT2D eigenvalue weighted by molar-refractivity contribution is 5.79. The van der Waals surface area contributed by atoms with Gasteiger partial charge in [-0.2, -0.15) is 0 Å². The first kappa shape index (κ1) is 12.5. The van der Waals surface area contributed by atoms with Gasteiger partial charge in [-0.25, -0.2) is 0 Å². The highest BCUT2D eigenvalue weighted by Crippen LogP contribution is 2.24. The molecule has 88 valence electrons. The second kappa shape index (κ2) is 5.47. The Labute approximate surface area is 91.4 Å². The van der Waals surface area contributed by atoms with Gasteiger partial charge in [-0.1, -0.05) is 12.8 Å². The molecular weight excluding hydrogens is 192 g/mol. The molecule has 0 spiro atoms. The van der Waals surface area contributed by atoms with E-state index in [1.54, 1.807) is 11.9 Å². The Hall–Kier alpha value is -0.610. The van der Waals surface area contributed by atoms with Crippen molar-refractivity contribution in [1.29, 1.82) is 0 Å². The summed E-state index contributed by atoms with van der Waals surface area (Å²) < 4.78 is 0. The summed E-state index contributed by atoms with van der Waals surface area (Å²) in [7, 11) is 1.74. The molecule has 1 rings (SSSR count). The topological polar surface area (TPSA) is 66.6 Å². The second-order valence-corrected chi connectivity index (χ2v) is 4.54. The molecule has 4 nitrogen and oxygen atoms in total. The zero-order chi connectivity index (χ0) is 11.4. The van der Waals surface area contributed by atoms with Crippen LogP contribution in [-0.2, 0) is 4.79 Å². The molecule has 1 fully saturated rings. The van der Waals surface area contributed by atoms with E-state index in [4.69, 9.17) is 10.8 Å². The Morgan fingerprint density at radius 2 is 2.13 bits per heavy atom. The fourth-order valence-corrected chi connectivity index (χ4v) is 2.07. The maximum atomic E-state index is 12.0. The Morgan fingerprint density at radius 1 is 1.53 bits per heavy atom. The van der Waals surface area contributed by atoms with Crippen LogP contribution in [0.15, 0.2) is 0 Å². The molecule has 3 N–H and O–H groups in total. The van der Waals surface area contributed by atoms with Crippen LogP contribution < -0.4 is 5.73 Å². The van der Waals surface area contributed by atoms with Crippen molar-refractivity contribution in [1.82, 2.24) is 4.90 Å². The van der Waals surface area contributed by atoms with Crippen molar-refractivity contribution < 1.29 is 9.90 Å². The number of carbonyl (C=O) groups is 1. The molecule has 0 aliphatic heterocycles. The van der Waals surface area contributed by atoms with Gasteiger partial charge in [-0.3, -0.25) is 4.79 Å². The number of likely N-dealkylation sites (N-methyl/N-ethyl adjacent to an activating group) is 1. The third-order valence-corrected chi connectivity index (χ3v) is 3.41. The Kier molecular flexibility index (Phi) is 4.54. The SMILES string of the molecule is CC(CO)N(C)C(=O)C1CCCCC1N. The van der Waals surface area contributed by atoms with Gasteiger partial charge in [-0.05, 0) is 19.8 Å². The predicted molar refractivity (Wildman–Crippen MR) is 59.3 cm³/mol. The smallest absolute Gasteiger partial charge is 0.227 e. The monoisotopic (exact) mass is 214 g/mol. The van der Waals surface area contributed by atoms with Crippen molar-refractivity contribution in [2.45, 2.75) is 44.7 Å². The first-order chi connectivity index (χ1) is 7.07. The average molecular weight is 214 g/mol. The van der Waals surface area contributed by atoms with Gasteiger partial charge in [0.1, 0.15) is 0 Å². The molecule has 1 saturated carbocycles. The number of nitrogens with two attached hydrogens (primary N) is 1. The van der Waals surface area contributed by atoms with Crippen LogP contribution in [0.25, 0.3) is 0 Å². The molecule has 15 heavy (non-hydrogen) atoms. The Bertz CT molecular complexity index is 221. The van der Waals surface area contributed by atoms with Gasteiger partial charge in [0.05, 0.1) is 18.6 Å². The zero-order valence-electron chi connectivity index (χ0n) is 9.65. The van der Waals surface area contributed by atoms with Gasteiger partial charge in [0, 0.05) is 13.1 Å². The van der Waals surface area contributed by atoms with E-state index in [9.17, 15) is 4.79 Å². The van der Waals surface area contributed by atoms with Crippen molar-refractivity contribution in [3.05, 3.63) is 0 Å². The van der Waals surface area contributed by atoms with Crippen LogP contribution in [0.4, 0.5) is 0 Å². The molecule has 4 heteroatoms. The number of carbonyl (C=O) groups excluding carboxylic acids is 1. The van der Waals surface area contributed by atoms with Crippen LogP contribution in [0.5, 0.6) is 0 Å². The van der Waals surface area contributed by atoms with E-state index < -0.39 is 0 Å². The van der Waals surface area contributed by atoms with Gasteiger partial charge >= 0.3 is 0 Å². The summed E-state index contributed by atoms with van der Waals surface area (Å²) in [5.74, 6) is 0.0431. The molecule has 0 aromatic heterocycles. The van der Waals surface area contributed by atoms with Gasteiger partial charge in [0.25, 0.3) is 0 Å². The van der Waals surface area contributed by atoms with E-state index in [1.165, 1.54) is 0 Å². The van der Waals surface area contributed by atoms with Crippen LogP contribution in [0.1, 0.15) is 32.6 Å². The maximum Gasteiger partial charge on any atom is 0.227 e. The molecule has 1 amide bonds. The van der Waals surface area contributed by atoms with Crippen molar-refractivity contribution in [2.75, 3.05) is 13.7 Å². The normalized spacial score (nSPS) is 28.5. The fourth-order valence-electron chi connectivity index (χ4n) is 2.07. The summed E-state index contributed by atoms with van der Waals surface area (Å²) in [6.07, 6.45) is 4.05. The Morgan fingerprint density at radius 3 is 2.67 bits per heavy atom. The first-order valence-corrected chi connectivity index (χ1v) is 5.71. The lowest BCUT2D eigenvalue weighted by Crippen LogP contribution is -2.47.